The van der Waals surface area contributed by atoms with E-state index >= 15 is 0 Å². The van der Waals surface area contributed by atoms with Gasteiger partial charge in [-0.3, -0.25) is 14.4 Å². The van der Waals surface area contributed by atoms with Crippen molar-refractivity contribution in [2.24, 2.45) is 0 Å². The molecule has 0 bridgehead atoms. The molecular weight excluding hydrogens is 600 g/mol. The normalized spacial score (nSPS) is 17.0. The maximum atomic E-state index is 12.3. The predicted molar refractivity (Wildman–Crippen MR) is 141 cm³/mol. The smallest absolute Gasteiger partial charge is 0.242 e. The molecule has 1 aliphatic rings. The van der Waals surface area contributed by atoms with Gasteiger partial charge in [-0.25, -0.2) is 8.42 Å². The third-order valence-corrected chi connectivity index (χ3v) is 9.16. The lowest BCUT2D eigenvalue weighted by atomic mass is 10.1. The number of anilines is 1. The van der Waals surface area contributed by atoms with Crippen LogP contribution < -0.4 is 10.0 Å². The van der Waals surface area contributed by atoms with Gasteiger partial charge >= 0.3 is 0 Å². The molecule has 0 spiro atoms. The molecular formula is C22H26Cl2IN3O4S. The molecule has 3 rings (SSSR count). The fourth-order valence-electron chi connectivity index (χ4n) is 3.51. The number of benzene rings is 2. The zero-order valence-electron chi connectivity index (χ0n) is 17.9. The van der Waals surface area contributed by atoms with Crippen LogP contribution in [0.1, 0.15) is 17.5 Å². The Morgan fingerprint density at radius 2 is 1.97 bits per heavy atom. The SMILES string of the molecule is O=C(CCc1cccc(NS(=O)(=O)CI)c1)NC[C@H]1CN(Cc2ccc(Cl)c(Cl)c2)CCO1. The van der Waals surface area contributed by atoms with E-state index in [0.717, 1.165) is 24.2 Å². The second-order valence-corrected chi connectivity index (χ2v) is 12.1. The van der Waals surface area contributed by atoms with E-state index in [2.05, 4.69) is 14.9 Å². The fourth-order valence-corrected chi connectivity index (χ4v) is 4.84. The number of halogens is 3. The summed E-state index contributed by atoms with van der Waals surface area (Å²) in [5, 5.41) is 4.02. The third-order valence-electron chi connectivity index (χ3n) is 5.12. The van der Waals surface area contributed by atoms with Gasteiger partial charge in [0.15, 0.2) is 0 Å². The van der Waals surface area contributed by atoms with E-state index in [1.165, 1.54) is 0 Å². The van der Waals surface area contributed by atoms with Crippen LogP contribution in [0.2, 0.25) is 10.0 Å². The van der Waals surface area contributed by atoms with Crippen molar-refractivity contribution in [1.82, 2.24) is 10.2 Å². The lowest BCUT2D eigenvalue weighted by molar-refractivity contribution is -0.122. The molecule has 1 saturated heterocycles. The Hall–Kier alpha value is -1.11. The summed E-state index contributed by atoms with van der Waals surface area (Å²) < 4.78 is 31.8. The summed E-state index contributed by atoms with van der Waals surface area (Å²) in [6, 6.07) is 12.7. The number of ether oxygens (including phenoxy) is 1. The van der Waals surface area contributed by atoms with Gasteiger partial charge in [-0.05, 0) is 41.8 Å². The number of aryl methyl sites for hydroxylation is 1. The molecule has 0 aromatic heterocycles. The Morgan fingerprint density at radius 1 is 1.15 bits per heavy atom. The molecule has 1 heterocycles. The molecule has 11 heteroatoms. The van der Waals surface area contributed by atoms with Crippen molar-refractivity contribution in [3.05, 3.63) is 63.6 Å². The largest absolute Gasteiger partial charge is 0.374 e. The average molecular weight is 626 g/mol. The quantitative estimate of drug-likeness (QED) is 0.307. The molecule has 1 aliphatic heterocycles. The number of amides is 1. The number of alkyl halides is 1. The summed E-state index contributed by atoms with van der Waals surface area (Å²) in [5.41, 5.74) is 2.47. The Kier molecular flexibility index (Phi) is 10.1. The first kappa shape index (κ1) is 26.5. The van der Waals surface area contributed by atoms with Gasteiger partial charge in [0.2, 0.25) is 15.9 Å². The van der Waals surface area contributed by atoms with Crippen LogP contribution in [0.5, 0.6) is 0 Å². The topological polar surface area (TPSA) is 87.7 Å². The molecule has 1 fully saturated rings. The van der Waals surface area contributed by atoms with Crippen molar-refractivity contribution in [3.63, 3.8) is 0 Å². The molecule has 180 valence electrons. The highest BCUT2D eigenvalue weighted by molar-refractivity contribution is 14.1. The van der Waals surface area contributed by atoms with Crippen molar-refractivity contribution >= 4 is 67.4 Å². The minimum absolute atomic E-state index is 0.0223. The number of morpholine rings is 1. The van der Waals surface area contributed by atoms with Gasteiger partial charge in [-0.2, -0.15) is 0 Å². The van der Waals surface area contributed by atoms with E-state index in [1.54, 1.807) is 46.9 Å². The minimum Gasteiger partial charge on any atom is -0.374 e. The molecule has 2 N–H and O–H groups in total. The van der Waals surface area contributed by atoms with Gasteiger partial charge in [0.25, 0.3) is 0 Å². The Bertz CT molecular complexity index is 1070. The first-order chi connectivity index (χ1) is 15.7. The van der Waals surface area contributed by atoms with Gasteiger partial charge in [0.1, 0.15) is 3.76 Å². The summed E-state index contributed by atoms with van der Waals surface area (Å²) in [5.74, 6) is -0.0709. The van der Waals surface area contributed by atoms with Crippen LogP contribution in [0.15, 0.2) is 42.5 Å². The molecule has 2 aromatic carbocycles. The van der Waals surface area contributed by atoms with Crippen LogP contribution in [0.3, 0.4) is 0 Å². The molecule has 1 amide bonds. The number of hydrogen-bond acceptors (Lipinski definition) is 5. The molecule has 0 unspecified atom stereocenters. The summed E-state index contributed by atoms with van der Waals surface area (Å²) in [6.45, 7) is 3.29. The standard InChI is InChI=1S/C22H26Cl2IN3O4S/c23-20-6-4-17(11-21(20)24)13-28-8-9-32-19(14-28)12-26-22(29)7-5-16-2-1-3-18(10-16)27-33(30,31)15-25/h1-4,6,10-11,19,27H,5,7-9,12-15H2,(H,26,29)/t19-/m0/s1. The van der Waals surface area contributed by atoms with Crippen LogP contribution in [0.25, 0.3) is 0 Å². The highest BCUT2D eigenvalue weighted by Crippen LogP contribution is 2.23. The van der Waals surface area contributed by atoms with Crippen LogP contribution in [-0.4, -0.2) is 55.3 Å². The van der Waals surface area contributed by atoms with Gasteiger partial charge in [0.05, 0.1) is 22.8 Å². The van der Waals surface area contributed by atoms with Gasteiger partial charge < -0.3 is 10.1 Å². The van der Waals surface area contributed by atoms with Crippen molar-refractivity contribution in [2.45, 2.75) is 25.5 Å². The number of hydrogen-bond donors (Lipinski definition) is 2. The van der Waals surface area contributed by atoms with Gasteiger partial charge in [0, 0.05) is 38.3 Å². The van der Waals surface area contributed by atoms with E-state index in [1.807, 2.05) is 18.2 Å². The highest BCUT2D eigenvalue weighted by atomic mass is 127. The first-order valence-electron chi connectivity index (χ1n) is 10.4. The van der Waals surface area contributed by atoms with Crippen LogP contribution in [0.4, 0.5) is 5.69 Å². The number of nitrogens with zero attached hydrogens (tertiary/aromatic N) is 1. The minimum atomic E-state index is -3.34. The molecule has 33 heavy (non-hydrogen) atoms. The molecule has 7 nitrogen and oxygen atoms in total. The Morgan fingerprint density at radius 3 is 2.73 bits per heavy atom. The van der Waals surface area contributed by atoms with Gasteiger partial charge in [-0.1, -0.05) is 64.0 Å². The summed E-state index contributed by atoms with van der Waals surface area (Å²) >= 11 is 13.9. The monoisotopic (exact) mass is 625 g/mol. The lowest BCUT2D eigenvalue weighted by Gasteiger charge is -2.33. The van der Waals surface area contributed by atoms with E-state index in [9.17, 15) is 13.2 Å². The van der Waals surface area contributed by atoms with E-state index < -0.39 is 10.0 Å². The third kappa shape index (κ3) is 8.88. The van der Waals surface area contributed by atoms with E-state index in [0.29, 0.717) is 48.3 Å². The predicted octanol–water partition coefficient (Wildman–Crippen LogP) is 4.08. The van der Waals surface area contributed by atoms with Crippen molar-refractivity contribution in [1.29, 1.82) is 0 Å². The summed E-state index contributed by atoms with van der Waals surface area (Å²) in [7, 11) is -3.34. The summed E-state index contributed by atoms with van der Waals surface area (Å²) in [6.07, 6.45) is 0.736. The highest BCUT2D eigenvalue weighted by Gasteiger charge is 2.21. The van der Waals surface area contributed by atoms with E-state index in [-0.39, 0.29) is 15.8 Å². The number of carbonyl (C=O) groups excluding carboxylic acids is 1. The molecule has 0 saturated carbocycles. The number of rotatable bonds is 10. The Labute approximate surface area is 218 Å². The van der Waals surface area contributed by atoms with Crippen molar-refractivity contribution in [2.75, 3.05) is 34.7 Å². The molecule has 2 aromatic rings. The van der Waals surface area contributed by atoms with Crippen LogP contribution in [-0.2, 0) is 32.5 Å². The van der Waals surface area contributed by atoms with Gasteiger partial charge in [-0.15, -0.1) is 0 Å². The average Bonchev–Trinajstić information content (AvgIpc) is 2.79. The maximum absolute atomic E-state index is 12.3. The number of nitrogens with one attached hydrogen (secondary N) is 2. The van der Waals surface area contributed by atoms with Crippen molar-refractivity contribution < 1.29 is 17.9 Å². The zero-order chi connectivity index (χ0) is 23.8. The molecule has 0 aliphatic carbocycles. The molecule has 1 atom stereocenters. The van der Waals surface area contributed by atoms with E-state index in [4.69, 9.17) is 27.9 Å². The number of carbonyl (C=O) groups is 1. The first-order valence-corrected chi connectivity index (χ1v) is 14.4. The second kappa shape index (κ2) is 12.6. The summed E-state index contributed by atoms with van der Waals surface area (Å²) in [4.78, 5) is 14.6. The lowest BCUT2D eigenvalue weighted by Crippen LogP contribution is -2.47. The number of sulfonamides is 1. The second-order valence-electron chi connectivity index (χ2n) is 7.81. The van der Waals surface area contributed by atoms with Crippen LogP contribution >= 0.6 is 45.8 Å². The molecule has 0 radical (unpaired) electrons. The fraction of sp³-hybridized carbons (Fsp3) is 0.409. The van der Waals surface area contributed by atoms with Crippen molar-refractivity contribution in [3.8, 4) is 0 Å². The Balaban J connectivity index is 1.42. The van der Waals surface area contributed by atoms with Crippen LogP contribution in [0, 0.1) is 0 Å². The zero-order valence-corrected chi connectivity index (χ0v) is 22.4. The maximum Gasteiger partial charge on any atom is 0.242 e.